The first kappa shape index (κ1) is 12.4. The van der Waals surface area contributed by atoms with Crippen LogP contribution in [0.15, 0.2) is 36.9 Å². The highest BCUT2D eigenvalue weighted by atomic mass is 16.2. The lowest BCUT2D eigenvalue weighted by molar-refractivity contribution is -0.123. The second-order valence-corrected chi connectivity index (χ2v) is 5.95. The van der Waals surface area contributed by atoms with Gasteiger partial charge in [0.05, 0.1) is 5.41 Å². The lowest BCUT2D eigenvalue weighted by atomic mass is 9.68. The highest BCUT2D eigenvalue weighted by Gasteiger charge is 2.61. The van der Waals surface area contributed by atoms with Crippen molar-refractivity contribution in [2.45, 2.75) is 31.2 Å². The number of amides is 1. The Kier molecular flexibility index (Phi) is 2.58. The van der Waals surface area contributed by atoms with Crippen molar-refractivity contribution in [1.29, 1.82) is 0 Å². The number of benzene rings is 1. The van der Waals surface area contributed by atoms with Gasteiger partial charge in [0.2, 0.25) is 5.91 Å². The Morgan fingerprint density at radius 3 is 2.89 bits per heavy atom. The van der Waals surface area contributed by atoms with E-state index < -0.39 is 5.41 Å². The topological polar surface area (TPSA) is 32.3 Å². The number of hydrogen-bond acceptors (Lipinski definition) is 2. The summed E-state index contributed by atoms with van der Waals surface area (Å²) in [5, 5.41) is 3.06. The second kappa shape index (κ2) is 3.94. The lowest BCUT2D eigenvalue weighted by Crippen LogP contribution is -2.55. The predicted octanol–water partition coefficient (Wildman–Crippen LogP) is 2.55. The summed E-state index contributed by atoms with van der Waals surface area (Å²) < 4.78 is 0. The van der Waals surface area contributed by atoms with Crippen molar-refractivity contribution in [3.63, 3.8) is 0 Å². The van der Waals surface area contributed by atoms with E-state index in [4.69, 9.17) is 0 Å². The van der Waals surface area contributed by atoms with Gasteiger partial charge in [-0.2, -0.15) is 0 Å². The number of likely N-dealkylation sites (tertiary alicyclic amines) is 1. The van der Waals surface area contributed by atoms with E-state index in [1.165, 1.54) is 0 Å². The van der Waals surface area contributed by atoms with Crippen LogP contribution in [-0.2, 0) is 10.2 Å². The summed E-state index contributed by atoms with van der Waals surface area (Å²) in [6.07, 6.45) is 2.79. The summed E-state index contributed by atoms with van der Waals surface area (Å²) in [5.41, 5.74) is 1.50. The maximum Gasteiger partial charge on any atom is 0.237 e. The molecule has 1 atom stereocenters. The minimum Gasteiger partial charge on any atom is -0.325 e. The number of nitrogens with one attached hydrogen (secondary N) is 1. The molecule has 1 fully saturated rings. The molecule has 3 nitrogen and oxygen atoms in total. The Bertz CT molecular complexity index is 549. The largest absolute Gasteiger partial charge is 0.325 e. The van der Waals surface area contributed by atoms with Crippen LogP contribution >= 0.6 is 0 Å². The molecule has 19 heavy (non-hydrogen) atoms. The molecule has 1 spiro atoms. The normalized spacial score (nSPS) is 28.4. The van der Waals surface area contributed by atoms with Crippen molar-refractivity contribution in [3.05, 3.63) is 42.5 Å². The van der Waals surface area contributed by atoms with E-state index in [1.807, 2.05) is 24.3 Å². The van der Waals surface area contributed by atoms with Crippen LogP contribution in [-0.4, -0.2) is 29.4 Å². The van der Waals surface area contributed by atoms with Gasteiger partial charge in [-0.15, -0.1) is 6.58 Å². The fourth-order valence-corrected chi connectivity index (χ4v) is 3.80. The fourth-order valence-electron chi connectivity index (χ4n) is 3.80. The van der Waals surface area contributed by atoms with Crippen LogP contribution in [0, 0.1) is 0 Å². The maximum atomic E-state index is 12.7. The Labute approximate surface area is 114 Å². The Balaban J connectivity index is 2.14. The Hall–Kier alpha value is -1.61. The SMILES string of the molecule is C=CCN1CCC2(C(=O)Nc3ccccc32)C1(C)C. The Morgan fingerprint density at radius 2 is 2.16 bits per heavy atom. The van der Waals surface area contributed by atoms with Crippen LogP contribution < -0.4 is 5.32 Å². The van der Waals surface area contributed by atoms with E-state index in [-0.39, 0.29) is 11.4 Å². The lowest BCUT2D eigenvalue weighted by Gasteiger charge is -2.41. The monoisotopic (exact) mass is 256 g/mol. The molecule has 1 N–H and O–H groups in total. The molecule has 0 aliphatic carbocycles. The second-order valence-electron chi connectivity index (χ2n) is 5.95. The minimum atomic E-state index is -0.424. The molecule has 0 radical (unpaired) electrons. The molecule has 1 aromatic rings. The number of anilines is 1. The quantitative estimate of drug-likeness (QED) is 0.825. The third kappa shape index (κ3) is 1.39. The highest BCUT2D eigenvalue weighted by Crippen LogP contribution is 2.53. The van der Waals surface area contributed by atoms with E-state index in [0.717, 1.165) is 30.8 Å². The third-order valence-electron chi connectivity index (χ3n) is 4.96. The van der Waals surface area contributed by atoms with E-state index >= 15 is 0 Å². The van der Waals surface area contributed by atoms with Crippen LogP contribution in [0.25, 0.3) is 0 Å². The van der Waals surface area contributed by atoms with E-state index in [2.05, 4.69) is 36.7 Å². The highest BCUT2D eigenvalue weighted by molar-refractivity contribution is 6.07. The maximum absolute atomic E-state index is 12.7. The summed E-state index contributed by atoms with van der Waals surface area (Å²) in [5.74, 6) is 0.144. The fraction of sp³-hybridized carbons (Fsp3) is 0.438. The molecule has 100 valence electrons. The van der Waals surface area contributed by atoms with Gasteiger partial charge >= 0.3 is 0 Å². The van der Waals surface area contributed by atoms with Crippen LogP contribution in [0.4, 0.5) is 5.69 Å². The number of carbonyl (C=O) groups is 1. The number of para-hydroxylation sites is 1. The molecule has 2 aliphatic rings. The molecule has 0 aromatic heterocycles. The summed E-state index contributed by atoms with van der Waals surface area (Å²) in [4.78, 5) is 15.0. The molecular formula is C16H20N2O. The molecule has 0 bridgehead atoms. The number of nitrogens with zero attached hydrogens (tertiary/aromatic N) is 1. The molecule has 1 aromatic carbocycles. The molecule has 1 saturated heterocycles. The zero-order valence-electron chi connectivity index (χ0n) is 11.6. The number of fused-ring (bicyclic) bond motifs is 2. The molecular weight excluding hydrogens is 236 g/mol. The number of rotatable bonds is 2. The third-order valence-corrected chi connectivity index (χ3v) is 4.96. The summed E-state index contributed by atoms with van der Waals surface area (Å²) >= 11 is 0. The molecule has 0 saturated carbocycles. The number of hydrogen-bond donors (Lipinski definition) is 1. The van der Waals surface area contributed by atoms with Gasteiger partial charge in [-0.1, -0.05) is 24.3 Å². The zero-order chi connectivity index (χ0) is 13.7. The molecule has 1 unspecified atom stereocenters. The van der Waals surface area contributed by atoms with Gasteiger partial charge in [0.15, 0.2) is 0 Å². The van der Waals surface area contributed by atoms with E-state index in [1.54, 1.807) is 0 Å². The van der Waals surface area contributed by atoms with Gasteiger partial charge in [0.1, 0.15) is 0 Å². The average molecular weight is 256 g/mol. The van der Waals surface area contributed by atoms with Gasteiger partial charge in [-0.3, -0.25) is 9.69 Å². The van der Waals surface area contributed by atoms with Crippen LogP contribution in [0.2, 0.25) is 0 Å². The summed E-state index contributed by atoms with van der Waals surface area (Å²) in [6.45, 7) is 9.92. The molecule has 1 amide bonds. The van der Waals surface area contributed by atoms with Crippen LogP contribution in [0.1, 0.15) is 25.8 Å². The molecule has 2 heterocycles. The van der Waals surface area contributed by atoms with Gasteiger partial charge in [-0.25, -0.2) is 0 Å². The van der Waals surface area contributed by atoms with Crippen molar-refractivity contribution >= 4 is 11.6 Å². The van der Waals surface area contributed by atoms with Gasteiger partial charge < -0.3 is 5.32 Å². The van der Waals surface area contributed by atoms with Gasteiger partial charge in [0.25, 0.3) is 0 Å². The standard InChI is InChI=1S/C16H20N2O/c1-4-10-18-11-9-16(15(18,2)3)12-7-5-6-8-13(12)17-14(16)19/h4-8H,1,9-11H2,2-3H3,(H,17,19). The first-order chi connectivity index (χ1) is 9.04. The first-order valence-corrected chi connectivity index (χ1v) is 6.81. The van der Waals surface area contributed by atoms with Crippen molar-refractivity contribution in [2.24, 2.45) is 0 Å². The molecule has 3 rings (SSSR count). The van der Waals surface area contributed by atoms with Gasteiger partial charge in [0, 0.05) is 24.3 Å². The Morgan fingerprint density at radius 1 is 1.42 bits per heavy atom. The van der Waals surface area contributed by atoms with Crippen molar-refractivity contribution in [1.82, 2.24) is 4.90 Å². The first-order valence-electron chi connectivity index (χ1n) is 6.81. The van der Waals surface area contributed by atoms with E-state index in [0.29, 0.717) is 0 Å². The minimum absolute atomic E-state index is 0.144. The van der Waals surface area contributed by atoms with Crippen molar-refractivity contribution < 1.29 is 4.79 Å². The molecule has 3 heteroatoms. The number of carbonyl (C=O) groups excluding carboxylic acids is 1. The van der Waals surface area contributed by atoms with E-state index in [9.17, 15) is 4.79 Å². The van der Waals surface area contributed by atoms with Crippen molar-refractivity contribution in [3.8, 4) is 0 Å². The average Bonchev–Trinajstić information content (AvgIpc) is 2.81. The predicted molar refractivity (Wildman–Crippen MR) is 77.2 cm³/mol. The van der Waals surface area contributed by atoms with Crippen LogP contribution in [0.5, 0.6) is 0 Å². The summed E-state index contributed by atoms with van der Waals surface area (Å²) in [6, 6.07) is 8.08. The van der Waals surface area contributed by atoms with Gasteiger partial charge in [-0.05, 0) is 31.9 Å². The summed E-state index contributed by atoms with van der Waals surface area (Å²) in [7, 11) is 0. The zero-order valence-corrected chi connectivity index (χ0v) is 11.6. The molecule has 2 aliphatic heterocycles. The van der Waals surface area contributed by atoms with Crippen molar-refractivity contribution in [2.75, 3.05) is 18.4 Å². The van der Waals surface area contributed by atoms with Crippen LogP contribution in [0.3, 0.4) is 0 Å². The smallest absolute Gasteiger partial charge is 0.237 e.